The lowest BCUT2D eigenvalue weighted by atomic mass is 9.99. The van der Waals surface area contributed by atoms with Gasteiger partial charge in [-0.05, 0) is 24.3 Å². The Morgan fingerprint density at radius 2 is 1.83 bits per heavy atom. The molecule has 1 saturated carbocycles. The van der Waals surface area contributed by atoms with Gasteiger partial charge in [-0.3, -0.25) is 9.59 Å². The van der Waals surface area contributed by atoms with Crippen molar-refractivity contribution in [3.8, 4) is 0 Å². The van der Waals surface area contributed by atoms with Crippen LogP contribution in [0.25, 0.3) is 0 Å². The zero-order valence-corrected chi connectivity index (χ0v) is 10.3. The number of carbonyl (C=O) groups excluding carboxylic acids is 2. The molecular weight excluding hydrogens is 228 g/mol. The quantitative estimate of drug-likeness (QED) is 0.846. The van der Waals surface area contributed by atoms with Crippen LogP contribution in [0.3, 0.4) is 0 Å². The molecule has 2 amide bonds. The van der Waals surface area contributed by atoms with E-state index in [0.29, 0.717) is 5.92 Å². The molecule has 1 saturated heterocycles. The highest BCUT2D eigenvalue weighted by Gasteiger charge is 2.46. The number of likely N-dealkylation sites (N-methyl/N-ethyl adjacent to an activating group) is 1. The first-order valence-electron chi connectivity index (χ1n) is 6.30. The fourth-order valence-electron chi connectivity index (χ4n) is 2.62. The van der Waals surface area contributed by atoms with E-state index < -0.39 is 6.04 Å². The fourth-order valence-corrected chi connectivity index (χ4v) is 2.62. The summed E-state index contributed by atoms with van der Waals surface area (Å²) in [6, 6.07) is 8.59. The molecule has 0 radical (unpaired) electrons. The van der Waals surface area contributed by atoms with Gasteiger partial charge in [-0.2, -0.15) is 0 Å². The standard InChI is InChI=1S/C14H16N2O2/c1-16-12(10-7-8-10)13(17)15-11(14(16)18)9-5-3-2-4-6-9/h2-6,10-12H,7-8H2,1H3,(H,15,17). The number of amides is 2. The van der Waals surface area contributed by atoms with Crippen LogP contribution < -0.4 is 5.32 Å². The highest BCUT2D eigenvalue weighted by atomic mass is 16.2. The minimum absolute atomic E-state index is 0.0160. The predicted octanol–water partition coefficient (Wildman–Crippen LogP) is 1.09. The molecule has 2 atom stereocenters. The zero-order chi connectivity index (χ0) is 12.7. The van der Waals surface area contributed by atoms with Crippen molar-refractivity contribution in [2.24, 2.45) is 5.92 Å². The van der Waals surface area contributed by atoms with Gasteiger partial charge in [-0.1, -0.05) is 30.3 Å². The van der Waals surface area contributed by atoms with E-state index in [1.54, 1.807) is 11.9 Å². The molecule has 0 spiro atoms. The Morgan fingerprint density at radius 3 is 2.44 bits per heavy atom. The Hall–Kier alpha value is -1.84. The maximum Gasteiger partial charge on any atom is 0.250 e. The number of hydrogen-bond acceptors (Lipinski definition) is 2. The smallest absolute Gasteiger partial charge is 0.250 e. The monoisotopic (exact) mass is 244 g/mol. The molecule has 0 aromatic heterocycles. The molecule has 1 heterocycles. The third kappa shape index (κ3) is 1.78. The Morgan fingerprint density at radius 1 is 1.17 bits per heavy atom. The van der Waals surface area contributed by atoms with E-state index in [9.17, 15) is 9.59 Å². The van der Waals surface area contributed by atoms with Crippen LogP contribution >= 0.6 is 0 Å². The second-order valence-electron chi connectivity index (χ2n) is 5.08. The summed E-state index contributed by atoms with van der Waals surface area (Å²) in [7, 11) is 1.74. The lowest BCUT2D eigenvalue weighted by molar-refractivity contribution is -0.148. The van der Waals surface area contributed by atoms with Gasteiger partial charge >= 0.3 is 0 Å². The minimum Gasteiger partial charge on any atom is -0.339 e. The van der Waals surface area contributed by atoms with Crippen molar-refractivity contribution >= 4 is 11.8 Å². The van der Waals surface area contributed by atoms with E-state index >= 15 is 0 Å². The van der Waals surface area contributed by atoms with Gasteiger partial charge in [0.2, 0.25) is 11.8 Å². The van der Waals surface area contributed by atoms with Crippen molar-refractivity contribution in [2.75, 3.05) is 7.05 Å². The van der Waals surface area contributed by atoms with Gasteiger partial charge in [0, 0.05) is 7.05 Å². The van der Waals surface area contributed by atoms with E-state index in [0.717, 1.165) is 18.4 Å². The van der Waals surface area contributed by atoms with E-state index in [1.807, 2.05) is 30.3 Å². The van der Waals surface area contributed by atoms with Gasteiger partial charge < -0.3 is 10.2 Å². The molecule has 2 fully saturated rings. The lowest BCUT2D eigenvalue weighted by Gasteiger charge is -2.36. The molecule has 94 valence electrons. The number of piperazine rings is 1. The summed E-state index contributed by atoms with van der Waals surface area (Å²) in [5, 5.41) is 2.85. The van der Waals surface area contributed by atoms with Crippen molar-refractivity contribution in [1.29, 1.82) is 0 Å². The summed E-state index contributed by atoms with van der Waals surface area (Å²) in [5.41, 5.74) is 0.844. The Kier molecular flexibility index (Phi) is 2.58. The van der Waals surface area contributed by atoms with Crippen LogP contribution in [0, 0.1) is 5.92 Å². The summed E-state index contributed by atoms with van der Waals surface area (Å²) < 4.78 is 0. The summed E-state index contributed by atoms with van der Waals surface area (Å²) in [5.74, 6) is 0.321. The third-order valence-corrected chi connectivity index (χ3v) is 3.77. The van der Waals surface area contributed by atoms with Gasteiger partial charge in [0.1, 0.15) is 12.1 Å². The van der Waals surface area contributed by atoms with Crippen LogP contribution in [0.5, 0.6) is 0 Å². The minimum atomic E-state index is -0.529. The third-order valence-electron chi connectivity index (χ3n) is 3.77. The molecule has 4 heteroatoms. The second kappa shape index (κ2) is 4.12. The van der Waals surface area contributed by atoms with Gasteiger partial charge in [-0.25, -0.2) is 0 Å². The first-order chi connectivity index (χ1) is 8.68. The van der Waals surface area contributed by atoms with E-state index in [2.05, 4.69) is 5.32 Å². The number of nitrogens with zero attached hydrogens (tertiary/aromatic N) is 1. The first-order valence-corrected chi connectivity index (χ1v) is 6.30. The molecule has 0 bridgehead atoms. The van der Waals surface area contributed by atoms with Crippen LogP contribution in [-0.2, 0) is 9.59 Å². The maximum absolute atomic E-state index is 12.3. The van der Waals surface area contributed by atoms with Gasteiger partial charge in [-0.15, -0.1) is 0 Å². The van der Waals surface area contributed by atoms with E-state index in [1.165, 1.54) is 0 Å². The molecule has 4 nitrogen and oxygen atoms in total. The molecule has 18 heavy (non-hydrogen) atoms. The molecular formula is C14H16N2O2. The Balaban J connectivity index is 1.87. The summed E-state index contributed by atoms with van der Waals surface area (Å²) in [6.45, 7) is 0. The highest BCUT2D eigenvalue weighted by Crippen LogP contribution is 2.37. The number of carbonyl (C=O) groups is 2. The molecule has 1 aliphatic heterocycles. The SMILES string of the molecule is CN1C(=O)C(c2ccccc2)NC(=O)C1C1CC1. The largest absolute Gasteiger partial charge is 0.339 e. The molecule has 1 aliphatic carbocycles. The average molecular weight is 244 g/mol. The van der Waals surface area contributed by atoms with Crippen molar-refractivity contribution < 1.29 is 9.59 Å². The van der Waals surface area contributed by atoms with Crippen molar-refractivity contribution in [2.45, 2.75) is 24.9 Å². The van der Waals surface area contributed by atoms with Crippen LogP contribution in [0.1, 0.15) is 24.4 Å². The topological polar surface area (TPSA) is 49.4 Å². The van der Waals surface area contributed by atoms with Crippen LogP contribution in [0.15, 0.2) is 30.3 Å². The van der Waals surface area contributed by atoms with Crippen molar-refractivity contribution in [3.05, 3.63) is 35.9 Å². The van der Waals surface area contributed by atoms with Crippen molar-refractivity contribution in [1.82, 2.24) is 10.2 Å². The molecule has 2 unspecified atom stereocenters. The van der Waals surface area contributed by atoms with Crippen molar-refractivity contribution in [3.63, 3.8) is 0 Å². The number of nitrogens with one attached hydrogen (secondary N) is 1. The average Bonchev–Trinajstić information content (AvgIpc) is 3.19. The molecule has 2 aliphatic rings. The van der Waals surface area contributed by atoms with Gasteiger partial charge in [0.25, 0.3) is 0 Å². The maximum atomic E-state index is 12.3. The Labute approximate surface area is 106 Å². The number of hydrogen-bond donors (Lipinski definition) is 1. The fraction of sp³-hybridized carbons (Fsp3) is 0.429. The second-order valence-corrected chi connectivity index (χ2v) is 5.08. The van der Waals surface area contributed by atoms with Gasteiger partial charge in [0.05, 0.1) is 0 Å². The summed E-state index contributed by atoms with van der Waals surface area (Å²) in [6.07, 6.45) is 2.09. The van der Waals surface area contributed by atoms with Crippen LogP contribution in [0.4, 0.5) is 0 Å². The number of rotatable bonds is 2. The van der Waals surface area contributed by atoms with E-state index in [-0.39, 0.29) is 17.9 Å². The predicted molar refractivity (Wildman–Crippen MR) is 66.6 cm³/mol. The van der Waals surface area contributed by atoms with Crippen LogP contribution in [-0.4, -0.2) is 29.8 Å². The molecule has 3 rings (SSSR count). The van der Waals surface area contributed by atoms with E-state index in [4.69, 9.17) is 0 Å². The van der Waals surface area contributed by atoms with Crippen LogP contribution in [0.2, 0.25) is 0 Å². The summed E-state index contributed by atoms with van der Waals surface area (Å²) >= 11 is 0. The molecule has 1 N–H and O–H groups in total. The highest BCUT2D eigenvalue weighted by molar-refractivity contribution is 5.97. The zero-order valence-electron chi connectivity index (χ0n) is 10.3. The first kappa shape index (κ1) is 11.3. The normalized spacial score (nSPS) is 28.2. The Bertz CT molecular complexity index is 482. The van der Waals surface area contributed by atoms with Gasteiger partial charge in [0.15, 0.2) is 0 Å². The molecule has 1 aromatic rings. The lowest BCUT2D eigenvalue weighted by Crippen LogP contribution is -2.58. The molecule has 1 aromatic carbocycles. The summed E-state index contributed by atoms with van der Waals surface area (Å²) in [4.78, 5) is 26.1. The number of benzene rings is 1.